The predicted molar refractivity (Wildman–Crippen MR) is 143 cm³/mol. The van der Waals surface area contributed by atoms with Gasteiger partial charge in [0.25, 0.3) is 0 Å². The smallest absolute Gasteiger partial charge is 0.243 e. The van der Waals surface area contributed by atoms with E-state index in [-0.39, 0.29) is 36.0 Å². The first kappa shape index (κ1) is 26.0. The van der Waals surface area contributed by atoms with E-state index in [4.69, 9.17) is 0 Å². The number of hydrogen-bond acceptors (Lipinski definition) is 3. The lowest BCUT2D eigenvalue weighted by atomic mass is 9.94. The highest BCUT2D eigenvalue weighted by atomic mass is 32.2. The summed E-state index contributed by atoms with van der Waals surface area (Å²) >= 11 is 1.43. The van der Waals surface area contributed by atoms with E-state index in [1.165, 1.54) is 24.2 Å². The van der Waals surface area contributed by atoms with Gasteiger partial charge in [-0.3, -0.25) is 9.59 Å². The summed E-state index contributed by atoms with van der Waals surface area (Å²) in [5.74, 6) is -0.565. The van der Waals surface area contributed by atoms with Crippen molar-refractivity contribution < 1.29 is 14.0 Å². The summed E-state index contributed by atoms with van der Waals surface area (Å²) in [6, 6.07) is 25.3. The Kier molecular flexibility index (Phi) is 9.56. The summed E-state index contributed by atoms with van der Waals surface area (Å²) in [6.07, 6.45) is 5.66. The van der Waals surface area contributed by atoms with Crippen LogP contribution in [0.2, 0.25) is 0 Å². The van der Waals surface area contributed by atoms with E-state index in [0.717, 1.165) is 36.1 Å². The summed E-state index contributed by atoms with van der Waals surface area (Å²) in [4.78, 5) is 29.9. The first-order valence-corrected chi connectivity index (χ1v) is 13.6. The van der Waals surface area contributed by atoms with Crippen LogP contribution < -0.4 is 5.32 Å². The second-order valence-corrected chi connectivity index (χ2v) is 10.3. The van der Waals surface area contributed by atoms with E-state index in [2.05, 4.69) is 5.32 Å². The molecular formula is C30H33FN2O2S. The van der Waals surface area contributed by atoms with Crippen LogP contribution in [0.25, 0.3) is 0 Å². The van der Waals surface area contributed by atoms with Gasteiger partial charge in [-0.2, -0.15) is 0 Å². The summed E-state index contributed by atoms with van der Waals surface area (Å²) < 4.78 is 14.7. The lowest BCUT2D eigenvalue weighted by molar-refractivity contribution is -0.139. The molecule has 36 heavy (non-hydrogen) atoms. The fraction of sp³-hybridized carbons (Fsp3) is 0.333. The molecule has 0 aliphatic heterocycles. The Labute approximate surface area is 217 Å². The zero-order valence-corrected chi connectivity index (χ0v) is 21.3. The van der Waals surface area contributed by atoms with Crippen LogP contribution >= 0.6 is 11.8 Å². The zero-order chi connectivity index (χ0) is 25.2. The first-order valence-electron chi connectivity index (χ1n) is 12.6. The van der Waals surface area contributed by atoms with Crippen molar-refractivity contribution in [3.8, 4) is 0 Å². The molecule has 1 aliphatic carbocycles. The highest BCUT2D eigenvalue weighted by molar-refractivity contribution is 8.00. The van der Waals surface area contributed by atoms with Crippen LogP contribution in [0.15, 0.2) is 89.8 Å². The maximum absolute atomic E-state index is 14.7. The molecule has 1 N–H and O–H groups in total. The number of rotatable bonds is 10. The van der Waals surface area contributed by atoms with Crippen LogP contribution in [0.3, 0.4) is 0 Å². The average molecular weight is 505 g/mol. The van der Waals surface area contributed by atoms with Gasteiger partial charge in [0.2, 0.25) is 11.8 Å². The molecule has 0 radical (unpaired) electrons. The third-order valence-electron chi connectivity index (χ3n) is 6.63. The Balaban J connectivity index is 1.61. The molecule has 0 unspecified atom stereocenters. The van der Waals surface area contributed by atoms with Crippen molar-refractivity contribution in [2.45, 2.75) is 62.0 Å². The number of nitrogens with zero attached hydrogens (tertiary/aromatic N) is 1. The molecule has 4 nitrogen and oxygen atoms in total. The summed E-state index contributed by atoms with van der Waals surface area (Å²) in [6.45, 7) is 0.0381. The minimum Gasteiger partial charge on any atom is -0.352 e. The van der Waals surface area contributed by atoms with Crippen molar-refractivity contribution >= 4 is 23.6 Å². The molecule has 3 aromatic carbocycles. The maximum Gasteiger partial charge on any atom is 0.243 e. The van der Waals surface area contributed by atoms with Crippen molar-refractivity contribution in [3.05, 3.63) is 102 Å². The molecule has 1 atom stereocenters. The van der Waals surface area contributed by atoms with E-state index in [1.54, 1.807) is 23.1 Å². The second kappa shape index (κ2) is 13.3. The minimum atomic E-state index is -0.738. The Bertz CT molecular complexity index is 1120. The van der Waals surface area contributed by atoms with Crippen molar-refractivity contribution in [2.24, 2.45) is 0 Å². The van der Waals surface area contributed by atoms with E-state index in [0.29, 0.717) is 12.0 Å². The highest BCUT2D eigenvalue weighted by Crippen LogP contribution is 2.23. The number of amides is 2. The second-order valence-electron chi connectivity index (χ2n) is 9.26. The van der Waals surface area contributed by atoms with E-state index in [1.807, 2.05) is 60.7 Å². The Morgan fingerprint density at radius 1 is 0.889 bits per heavy atom. The highest BCUT2D eigenvalue weighted by Gasteiger charge is 2.32. The number of halogens is 1. The van der Waals surface area contributed by atoms with Crippen LogP contribution in [0.4, 0.5) is 4.39 Å². The Morgan fingerprint density at radius 3 is 2.22 bits per heavy atom. The molecule has 2 amide bonds. The third-order valence-corrected chi connectivity index (χ3v) is 7.62. The molecule has 0 bridgehead atoms. The molecule has 1 aliphatic rings. The quantitative estimate of drug-likeness (QED) is 0.344. The molecule has 3 aromatic rings. The van der Waals surface area contributed by atoms with E-state index >= 15 is 0 Å². The SMILES string of the molecule is O=C(NC1CCCCC1)[C@@H](Cc1ccccc1)N(Cc1ccccc1F)C(=O)CSc1ccccc1. The molecule has 0 heterocycles. The lowest BCUT2D eigenvalue weighted by Crippen LogP contribution is -2.53. The number of hydrogen-bond donors (Lipinski definition) is 1. The van der Waals surface area contributed by atoms with Gasteiger partial charge in [0, 0.05) is 29.5 Å². The molecule has 0 saturated heterocycles. The standard InChI is InChI=1S/C30H33FN2O2S/c31-27-19-11-10-14-24(27)21-33(29(34)22-36-26-17-8-3-9-18-26)28(20-23-12-4-1-5-13-23)30(35)32-25-15-6-2-7-16-25/h1,3-5,8-14,17-19,25,28H,2,6-7,15-16,20-22H2,(H,32,35)/t28-/m1/s1. The zero-order valence-electron chi connectivity index (χ0n) is 20.4. The summed E-state index contributed by atoms with van der Waals surface area (Å²) in [7, 11) is 0. The summed E-state index contributed by atoms with van der Waals surface area (Å²) in [5.41, 5.74) is 1.36. The largest absolute Gasteiger partial charge is 0.352 e. The van der Waals surface area contributed by atoms with Crippen molar-refractivity contribution in [3.63, 3.8) is 0 Å². The van der Waals surface area contributed by atoms with Crippen LogP contribution in [-0.2, 0) is 22.6 Å². The lowest BCUT2D eigenvalue weighted by Gasteiger charge is -2.33. The molecule has 6 heteroatoms. The molecule has 0 spiro atoms. The number of nitrogens with one attached hydrogen (secondary N) is 1. The predicted octanol–water partition coefficient (Wildman–Crippen LogP) is 6.01. The molecule has 1 saturated carbocycles. The molecule has 0 aromatic heterocycles. The first-order chi connectivity index (χ1) is 17.6. The number of carbonyl (C=O) groups excluding carboxylic acids is 2. The fourth-order valence-corrected chi connectivity index (χ4v) is 5.46. The third kappa shape index (κ3) is 7.44. The van der Waals surface area contributed by atoms with Crippen molar-refractivity contribution in [2.75, 3.05) is 5.75 Å². The van der Waals surface area contributed by atoms with Crippen LogP contribution in [-0.4, -0.2) is 34.6 Å². The molecule has 4 rings (SSSR count). The summed E-state index contributed by atoms with van der Waals surface area (Å²) in [5, 5.41) is 3.22. The van der Waals surface area contributed by atoms with E-state index in [9.17, 15) is 14.0 Å². The maximum atomic E-state index is 14.7. The minimum absolute atomic E-state index is 0.0381. The monoisotopic (exact) mass is 504 g/mol. The normalized spacial score (nSPS) is 14.7. The Morgan fingerprint density at radius 2 is 1.53 bits per heavy atom. The van der Waals surface area contributed by atoms with Gasteiger partial charge >= 0.3 is 0 Å². The molecule has 188 valence electrons. The van der Waals surface area contributed by atoms with Crippen molar-refractivity contribution in [1.82, 2.24) is 10.2 Å². The van der Waals surface area contributed by atoms with Crippen LogP contribution in [0.5, 0.6) is 0 Å². The van der Waals surface area contributed by atoms with Gasteiger partial charge in [-0.1, -0.05) is 86.0 Å². The molecule has 1 fully saturated rings. The van der Waals surface area contributed by atoms with Crippen LogP contribution in [0, 0.1) is 5.82 Å². The number of benzene rings is 3. The van der Waals surface area contributed by atoms with Crippen molar-refractivity contribution in [1.29, 1.82) is 0 Å². The molecular weight excluding hydrogens is 471 g/mol. The van der Waals surface area contributed by atoms with Gasteiger partial charge in [0.15, 0.2) is 0 Å². The average Bonchev–Trinajstić information content (AvgIpc) is 2.92. The number of thioether (sulfide) groups is 1. The van der Waals surface area contributed by atoms with Gasteiger partial charge < -0.3 is 10.2 Å². The van der Waals surface area contributed by atoms with Crippen LogP contribution in [0.1, 0.15) is 43.2 Å². The Hall–Kier alpha value is -3.12. The topological polar surface area (TPSA) is 49.4 Å². The van der Waals surface area contributed by atoms with Gasteiger partial charge in [0.05, 0.1) is 5.75 Å². The van der Waals surface area contributed by atoms with Gasteiger partial charge in [-0.05, 0) is 36.6 Å². The van der Waals surface area contributed by atoms with Gasteiger partial charge in [-0.25, -0.2) is 4.39 Å². The van der Waals surface area contributed by atoms with Gasteiger partial charge in [0.1, 0.15) is 11.9 Å². The van der Waals surface area contributed by atoms with E-state index < -0.39 is 6.04 Å². The van der Waals surface area contributed by atoms with Gasteiger partial charge in [-0.15, -0.1) is 11.8 Å². The fourth-order valence-electron chi connectivity index (χ4n) is 4.65. The number of carbonyl (C=O) groups is 2.